The van der Waals surface area contributed by atoms with Gasteiger partial charge in [-0.15, -0.1) is 0 Å². The maximum atomic E-state index is 5.96. The van der Waals surface area contributed by atoms with E-state index in [-0.39, 0.29) is 12.2 Å². The zero-order valence-corrected chi connectivity index (χ0v) is 16.3. The summed E-state index contributed by atoms with van der Waals surface area (Å²) in [4.78, 5) is 2.50. The third-order valence-electron chi connectivity index (χ3n) is 5.53. The lowest BCUT2D eigenvalue weighted by Gasteiger charge is -2.42. The lowest BCUT2D eigenvalue weighted by atomic mass is 9.98. The van der Waals surface area contributed by atoms with Gasteiger partial charge in [0.2, 0.25) is 0 Å². The number of aryl methyl sites for hydroxylation is 4. The average Bonchev–Trinajstić information content (AvgIpc) is 2.58. The molecule has 1 aliphatic heterocycles. The van der Waals surface area contributed by atoms with Crippen LogP contribution in [0.5, 0.6) is 0 Å². The highest BCUT2D eigenvalue weighted by Gasteiger charge is 2.29. The molecule has 0 aromatic heterocycles. The van der Waals surface area contributed by atoms with Crippen molar-refractivity contribution in [3.05, 3.63) is 64.7 Å². The topological polar surface area (TPSA) is 12.5 Å². The molecule has 0 aliphatic carbocycles. The van der Waals surface area contributed by atoms with E-state index >= 15 is 0 Å². The molecular weight excluding hydrogens is 306 g/mol. The molecular formula is C23H31NO. The third kappa shape index (κ3) is 4.24. The number of hydrogen-bond donors (Lipinski definition) is 0. The Balaban J connectivity index is 1.71. The summed E-state index contributed by atoms with van der Waals surface area (Å²) < 4.78 is 5.96. The Bertz CT molecular complexity index is 707. The van der Waals surface area contributed by atoms with Gasteiger partial charge in [0, 0.05) is 12.2 Å². The Kier molecular flexibility index (Phi) is 5.48. The quantitative estimate of drug-likeness (QED) is 0.770. The zero-order chi connectivity index (χ0) is 18.0. The Morgan fingerprint density at radius 1 is 0.960 bits per heavy atom. The van der Waals surface area contributed by atoms with Gasteiger partial charge in [0.25, 0.3) is 0 Å². The van der Waals surface area contributed by atoms with Crippen LogP contribution >= 0.6 is 0 Å². The minimum absolute atomic E-state index is 0.269. The van der Waals surface area contributed by atoms with Gasteiger partial charge in [0.1, 0.15) is 0 Å². The molecule has 25 heavy (non-hydrogen) atoms. The van der Waals surface area contributed by atoms with E-state index < -0.39 is 0 Å². The van der Waals surface area contributed by atoms with Crippen molar-refractivity contribution in [3.63, 3.8) is 0 Å². The molecule has 0 N–H and O–H groups in total. The number of ether oxygens (including phenoxy) is 1. The van der Waals surface area contributed by atoms with Gasteiger partial charge >= 0.3 is 0 Å². The van der Waals surface area contributed by atoms with Gasteiger partial charge in [-0.25, -0.2) is 0 Å². The summed E-state index contributed by atoms with van der Waals surface area (Å²) in [6, 6.07) is 16.3. The van der Waals surface area contributed by atoms with E-state index in [1.54, 1.807) is 0 Å². The second-order valence-electron chi connectivity index (χ2n) is 7.64. The molecule has 134 valence electrons. The SMILES string of the molecule is Cc1ccc(CCc2ccc(N3C[C@H](C)O[C@H](C)C3C)cc2C)cc1. The number of hydrogen-bond acceptors (Lipinski definition) is 2. The van der Waals surface area contributed by atoms with Crippen LogP contribution in [0.3, 0.4) is 0 Å². The van der Waals surface area contributed by atoms with Gasteiger partial charge in [0.05, 0.1) is 18.2 Å². The maximum Gasteiger partial charge on any atom is 0.0751 e. The fourth-order valence-corrected chi connectivity index (χ4v) is 3.73. The highest BCUT2D eigenvalue weighted by atomic mass is 16.5. The molecule has 0 saturated carbocycles. The van der Waals surface area contributed by atoms with Gasteiger partial charge < -0.3 is 9.64 Å². The zero-order valence-electron chi connectivity index (χ0n) is 16.3. The molecule has 1 aliphatic rings. The number of nitrogens with zero attached hydrogens (tertiary/aromatic N) is 1. The second-order valence-corrected chi connectivity index (χ2v) is 7.64. The first kappa shape index (κ1) is 18.0. The van der Waals surface area contributed by atoms with E-state index in [9.17, 15) is 0 Å². The van der Waals surface area contributed by atoms with Crippen molar-refractivity contribution in [1.29, 1.82) is 0 Å². The van der Waals surface area contributed by atoms with Gasteiger partial charge in [-0.3, -0.25) is 0 Å². The summed E-state index contributed by atoms with van der Waals surface area (Å²) in [6.07, 6.45) is 2.75. The highest BCUT2D eigenvalue weighted by molar-refractivity contribution is 5.52. The van der Waals surface area contributed by atoms with Crippen molar-refractivity contribution >= 4 is 5.69 Å². The van der Waals surface area contributed by atoms with Crippen molar-refractivity contribution in [2.24, 2.45) is 0 Å². The van der Waals surface area contributed by atoms with Crippen LogP contribution in [0.2, 0.25) is 0 Å². The summed E-state index contributed by atoms with van der Waals surface area (Å²) in [6.45, 7) is 12.0. The maximum absolute atomic E-state index is 5.96. The van der Waals surface area contributed by atoms with Crippen molar-refractivity contribution < 1.29 is 4.74 Å². The number of morpholine rings is 1. The standard InChI is InChI=1S/C23H31NO/c1-16-6-8-21(9-7-16)10-11-22-12-13-23(14-17(22)2)24-15-18(3)25-20(5)19(24)4/h6-9,12-14,18-20H,10-11,15H2,1-5H3/t18-,19?,20+/m0/s1. The summed E-state index contributed by atoms with van der Waals surface area (Å²) in [5.74, 6) is 0. The van der Waals surface area contributed by atoms with Crippen LogP contribution in [0.4, 0.5) is 5.69 Å². The molecule has 3 atom stereocenters. The van der Waals surface area contributed by atoms with Gasteiger partial charge in [-0.1, -0.05) is 35.9 Å². The number of rotatable bonds is 4. The van der Waals surface area contributed by atoms with E-state index in [2.05, 4.69) is 82.0 Å². The summed E-state index contributed by atoms with van der Waals surface area (Å²) in [5.41, 5.74) is 6.91. The van der Waals surface area contributed by atoms with Gasteiger partial charge in [0.15, 0.2) is 0 Å². The second kappa shape index (κ2) is 7.61. The van der Waals surface area contributed by atoms with Crippen LogP contribution < -0.4 is 4.90 Å². The largest absolute Gasteiger partial charge is 0.372 e. The third-order valence-corrected chi connectivity index (χ3v) is 5.53. The predicted molar refractivity (Wildman–Crippen MR) is 107 cm³/mol. The molecule has 1 saturated heterocycles. The molecule has 2 nitrogen and oxygen atoms in total. The van der Waals surface area contributed by atoms with Crippen LogP contribution in [0.1, 0.15) is 43.0 Å². The van der Waals surface area contributed by atoms with Crippen LogP contribution in [0.15, 0.2) is 42.5 Å². The van der Waals surface area contributed by atoms with E-state index in [4.69, 9.17) is 4.74 Å². The fraction of sp³-hybridized carbons (Fsp3) is 0.478. The van der Waals surface area contributed by atoms with E-state index in [0.717, 1.165) is 19.4 Å². The monoisotopic (exact) mass is 337 g/mol. The smallest absolute Gasteiger partial charge is 0.0751 e. The molecule has 0 spiro atoms. The predicted octanol–water partition coefficient (Wildman–Crippen LogP) is 5.09. The van der Waals surface area contributed by atoms with Gasteiger partial charge in [-0.05, 0) is 76.3 Å². The van der Waals surface area contributed by atoms with Crippen LogP contribution in [0, 0.1) is 13.8 Å². The van der Waals surface area contributed by atoms with Crippen LogP contribution in [0.25, 0.3) is 0 Å². The highest BCUT2D eigenvalue weighted by Crippen LogP contribution is 2.27. The molecule has 0 amide bonds. The molecule has 1 unspecified atom stereocenters. The molecule has 2 aromatic carbocycles. The number of anilines is 1. The summed E-state index contributed by atoms with van der Waals surface area (Å²) >= 11 is 0. The lowest BCUT2D eigenvalue weighted by Crippen LogP contribution is -2.52. The molecule has 3 rings (SSSR count). The van der Waals surface area contributed by atoms with Crippen LogP contribution in [-0.2, 0) is 17.6 Å². The summed E-state index contributed by atoms with van der Waals surface area (Å²) in [5, 5.41) is 0. The van der Waals surface area contributed by atoms with Crippen molar-refractivity contribution in [2.75, 3.05) is 11.4 Å². The first-order valence-corrected chi connectivity index (χ1v) is 9.51. The van der Waals surface area contributed by atoms with Crippen molar-refractivity contribution in [1.82, 2.24) is 0 Å². The molecule has 2 aromatic rings. The lowest BCUT2D eigenvalue weighted by molar-refractivity contribution is -0.0257. The minimum atomic E-state index is 0.269. The van der Waals surface area contributed by atoms with Crippen molar-refractivity contribution in [2.45, 2.75) is 65.7 Å². The Hall–Kier alpha value is -1.80. The average molecular weight is 338 g/mol. The van der Waals surface area contributed by atoms with E-state index in [0.29, 0.717) is 6.04 Å². The molecule has 0 bridgehead atoms. The van der Waals surface area contributed by atoms with Crippen molar-refractivity contribution in [3.8, 4) is 0 Å². The molecule has 1 heterocycles. The van der Waals surface area contributed by atoms with Crippen LogP contribution in [-0.4, -0.2) is 24.8 Å². The molecule has 1 fully saturated rings. The Morgan fingerprint density at radius 2 is 1.68 bits per heavy atom. The number of benzene rings is 2. The Labute approximate surface area is 152 Å². The van der Waals surface area contributed by atoms with E-state index in [1.165, 1.54) is 27.9 Å². The molecule has 2 heteroatoms. The first-order valence-electron chi connectivity index (χ1n) is 9.51. The Morgan fingerprint density at radius 3 is 2.36 bits per heavy atom. The van der Waals surface area contributed by atoms with E-state index in [1.807, 2.05) is 0 Å². The normalized spacial score (nSPS) is 23.7. The summed E-state index contributed by atoms with van der Waals surface area (Å²) in [7, 11) is 0. The fourth-order valence-electron chi connectivity index (χ4n) is 3.73. The minimum Gasteiger partial charge on any atom is -0.372 e. The molecule has 0 radical (unpaired) electrons. The van der Waals surface area contributed by atoms with Gasteiger partial charge in [-0.2, -0.15) is 0 Å². The first-order chi connectivity index (χ1) is 11.9.